The standard InChI is InChI=1S/C13H20N4O4/c1-3-5-14-12-11(8-10(9-15-12)17(20)21)13(19)16(4-2)6-7-18/h8-9,18H,3-7H2,1-2H3,(H,14,15). The van der Waals surface area contributed by atoms with E-state index in [4.69, 9.17) is 5.11 Å². The van der Waals surface area contributed by atoms with Crippen LogP contribution in [0.1, 0.15) is 30.6 Å². The van der Waals surface area contributed by atoms with E-state index in [0.29, 0.717) is 18.9 Å². The minimum Gasteiger partial charge on any atom is -0.395 e. The first-order valence-electron chi connectivity index (χ1n) is 6.83. The molecule has 0 unspecified atom stereocenters. The fourth-order valence-corrected chi connectivity index (χ4v) is 1.80. The van der Waals surface area contributed by atoms with Gasteiger partial charge in [0.2, 0.25) is 0 Å². The molecule has 0 aromatic carbocycles. The minimum absolute atomic E-state index is 0.146. The first-order chi connectivity index (χ1) is 10.0. The van der Waals surface area contributed by atoms with Gasteiger partial charge in [-0.3, -0.25) is 14.9 Å². The molecular weight excluding hydrogens is 276 g/mol. The van der Waals surface area contributed by atoms with Gasteiger partial charge in [0.05, 0.1) is 17.1 Å². The number of rotatable bonds is 8. The Labute approximate surface area is 122 Å². The average Bonchev–Trinajstić information content (AvgIpc) is 2.49. The van der Waals surface area contributed by atoms with Gasteiger partial charge in [0.15, 0.2) is 0 Å². The lowest BCUT2D eigenvalue weighted by Crippen LogP contribution is -2.34. The van der Waals surface area contributed by atoms with Gasteiger partial charge in [0.25, 0.3) is 11.6 Å². The lowest BCUT2D eigenvalue weighted by atomic mass is 10.2. The van der Waals surface area contributed by atoms with E-state index >= 15 is 0 Å². The van der Waals surface area contributed by atoms with Gasteiger partial charge < -0.3 is 15.3 Å². The maximum atomic E-state index is 12.4. The molecule has 0 atom stereocenters. The summed E-state index contributed by atoms with van der Waals surface area (Å²) in [4.78, 5) is 28.1. The Morgan fingerprint density at radius 2 is 2.24 bits per heavy atom. The number of nitrogens with zero attached hydrogens (tertiary/aromatic N) is 3. The molecule has 0 bridgehead atoms. The first kappa shape index (κ1) is 16.8. The third-order valence-electron chi connectivity index (χ3n) is 2.90. The van der Waals surface area contributed by atoms with Crippen LogP contribution in [0, 0.1) is 10.1 Å². The third kappa shape index (κ3) is 4.38. The summed E-state index contributed by atoms with van der Waals surface area (Å²) in [5.74, 6) is -0.0646. The summed E-state index contributed by atoms with van der Waals surface area (Å²) in [6.45, 7) is 4.75. The highest BCUT2D eigenvalue weighted by atomic mass is 16.6. The molecule has 8 heteroatoms. The topological polar surface area (TPSA) is 109 Å². The largest absolute Gasteiger partial charge is 0.395 e. The normalized spacial score (nSPS) is 10.2. The maximum absolute atomic E-state index is 12.4. The van der Waals surface area contributed by atoms with Gasteiger partial charge in [-0.05, 0) is 13.3 Å². The molecule has 1 amide bonds. The van der Waals surface area contributed by atoms with Crippen molar-refractivity contribution >= 4 is 17.4 Å². The maximum Gasteiger partial charge on any atom is 0.288 e. The zero-order chi connectivity index (χ0) is 15.8. The van der Waals surface area contributed by atoms with Crippen molar-refractivity contribution in [1.82, 2.24) is 9.88 Å². The quantitative estimate of drug-likeness (QED) is 0.552. The number of carbonyl (C=O) groups is 1. The van der Waals surface area contributed by atoms with Crippen LogP contribution in [0.15, 0.2) is 12.3 Å². The molecule has 0 saturated carbocycles. The average molecular weight is 296 g/mol. The zero-order valence-corrected chi connectivity index (χ0v) is 12.2. The second-order valence-corrected chi connectivity index (χ2v) is 4.38. The summed E-state index contributed by atoms with van der Waals surface area (Å²) in [5, 5.41) is 22.8. The van der Waals surface area contributed by atoms with Crippen LogP contribution in [0.3, 0.4) is 0 Å². The number of aliphatic hydroxyl groups is 1. The third-order valence-corrected chi connectivity index (χ3v) is 2.90. The number of carbonyl (C=O) groups excluding carboxylic acids is 1. The van der Waals surface area contributed by atoms with E-state index in [0.717, 1.165) is 12.6 Å². The number of anilines is 1. The van der Waals surface area contributed by atoms with Crippen LogP contribution in [0.4, 0.5) is 11.5 Å². The highest BCUT2D eigenvalue weighted by Crippen LogP contribution is 2.21. The molecule has 21 heavy (non-hydrogen) atoms. The van der Waals surface area contributed by atoms with E-state index in [-0.39, 0.29) is 30.3 Å². The van der Waals surface area contributed by atoms with Crippen LogP contribution in [0.2, 0.25) is 0 Å². The molecule has 1 aromatic rings. The molecule has 0 radical (unpaired) electrons. The lowest BCUT2D eigenvalue weighted by molar-refractivity contribution is -0.385. The second kappa shape index (κ2) is 8.15. The monoisotopic (exact) mass is 296 g/mol. The molecule has 0 saturated heterocycles. The van der Waals surface area contributed by atoms with Gasteiger partial charge in [0, 0.05) is 25.7 Å². The molecule has 0 spiro atoms. The second-order valence-electron chi connectivity index (χ2n) is 4.38. The van der Waals surface area contributed by atoms with E-state index in [2.05, 4.69) is 10.3 Å². The molecule has 0 aliphatic carbocycles. The number of nitrogens with one attached hydrogen (secondary N) is 1. The SMILES string of the molecule is CCCNc1ncc([N+](=O)[O-])cc1C(=O)N(CC)CCO. The molecule has 0 fully saturated rings. The van der Waals surface area contributed by atoms with Crippen molar-refractivity contribution in [3.05, 3.63) is 27.9 Å². The molecule has 0 aliphatic rings. The Morgan fingerprint density at radius 1 is 1.52 bits per heavy atom. The number of aliphatic hydroxyl groups excluding tert-OH is 1. The predicted molar refractivity (Wildman–Crippen MR) is 78.3 cm³/mol. The number of hydrogen-bond acceptors (Lipinski definition) is 6. The molecule has 0 aliphatic heterocycles. The Balaban J connectivity index is 3.17. The van der Waals surface area contributed by atoms with E-state index in [1.165, 1.54) is 11.0 Å². The van der Waals surface area contributed by atoms with E-state index in [9.17, 15) is 14.9 Å². The first-order valence-corrected chi connectivity index (χ1v) is 6.83. The van der Waals surface area contributed by atoms with Crippen LogP contribution in [0.5, 0.6) is 0 Å². The van der Waals surface area contributed by atoms with Crippen LogP contribution in [-0.4, -0.2) is 52.1 Å². The van der Waals surface area contributed by atoms with Gasteiger partial charge >= 0.3 is 0 Å². The molecule has 116 valence electrons. The molecule has 1 heterocycles. The minimum atomic E-state index is -0.588. The van der Waals surface area contributed by atoms with Gasteiger partial charge in [-0.25, -0.2) is 4.98 Å². The predicted octanol–water partition coefficient (Wildman–Crippen LogP) is 1.27. The highest BCUT2D eigenvalue weighted by molar-refractivity contribution is 5.99. The lowest BCUT2D eigenvalue weighted by Gasteiger charge is -2.21. The van der Waals surface area contributed by atoms with Crippen LogP contribution in [-0.2, 0) is 0 Å². The Kier molecular flexibility index (Phi) is 6.54. The number of hydrogen-bond donors (Lipinski definition) is 2. The molecule has 8 nitrogen and oxygen atoms in total. The smallest absolute Gasteiger partial charge is 0.288 e. The van der Waals surface area contributed by atoms with Gasteiger partial charge in [-0.2, -0.15) is 0 Å². The number of likely N-dealkylation sites (N-methyl/N-ethyl adjacent to an activating group) is 1. The van der Waals surface area contributed by atoms with E-state index in [1.54, 1.807) is 6.92 Å². The summed E-state index contributed by atoms with van der Waals surface area (Å²) in [7, 11) is 0. The van der Waals surface area contributed by atoms with Crippen LogP contribution in [0.25, 0.3) is 0 Å². The molecular formula is C13H20N4O4. The number of aromatic nitrogens is 1. The van der Waals surface area contributed by atoms with Crippen molar-refractivity contribution in [1.29, 1.82) is 0 Å². The zero-order valence-electron chi connectivity index (χ0n) is 12.2. The van der Waals surface area contributed by atoms with Gasteiger partial charge in [0.1, 0.15) is 12.0 Å². The molecule has 1 aromatic heterocycles. The molecule has 1 rings (SSSR count). The van der Waals surface area contributed by atoms with E-state index < -0.39 is 4.92 Å². The van der Waals surface area contributed by atoms with Crippen molar-refractivity contribution in [2.24, 2.45) is 0 Å². The number of amides is 1. The Hall–Kier alpha value is -2.22. The summed E-state index contributed by atoms with van der Waals surface area (Å²) in [5.41, 5.74) is -0.0894. The van der Waals surface area contributed by atoms with Crippen molar-refractivity contribution in [3.63, 3.8) is 0 Å². The van der Waals surface area contributed by atoms with Gasteiger partial charge in [-0.15, -0.1) is 0 Å². The van der Waals surface area contributed by atoms with Crippen molar-refractivity contribution < 1.29 is 14.8 Å². The van der Waals surface area contributed by atoms with Crippen molar-refractivity contribution in [3.8, 4) is 0 Å². The van der Waals surface area contributed by atoms with Crippen molar-refractivity contribution in [2.75, 3.05) is 31.6 Å². The fraction of sp³-hybridized carbons (Fsp3) is 0.538. The molecule has 2 N–H and O–H groups in total. The van der Waals surface area contributed by atoms with E-state index in [1.807, 2.05) is 6.92 Å². The Bertz CT molecular complexity index is 507. The Morgan fingerprint density at radius 3 is 2.76 bits per heavy atom. The van der Waals surface area contributed by atoms with Crippen molar-refractivity contribution in [2.45, 2.75) is 20.3 Å². The van der Waals surface area contributed by atoms with Crippen LogP contribution >= 0.6 is 0 Å². The number of nitro groups is 1. The van der Waals surface area contributed by atoms with Crippen LogP contribution < -0.4 is 5.32 Å². The highest BCUT2D eigenvalue weighted by Gasteiger charge is 2.21. The fourth-order valence-electron chi connectivity index (χ4n) is 1.80. The summed E-state index contributed by atoms with van der Waals surface area (Å²) in [6, 6.07) is 1.22. The summed E-state index contributed by atoms with van der Waals surface area (Å²) < 4.78 is 0. The summed E-state index contributed by atoms with van der Waals surface area (Å²) in [6.07, 6.45) is 1.96. The number of pyridine rings is 1. The van der Waals surface area contributed by atoms with Gasteiger partial charge in [-0.1, -0.05) is 6.92 Å². The summed E-state index contributed by atoms with van der Waals surface area (Å²) >= 11 is 0.